The van der Waals surface area contributed by atoms with Crippen molar-refractivity contribution in [1.82, 2.24) is 24.3 Å². The first kappa shape index (κ1) is 27.5. The lowest BCUT2D eigenvalue weighted by molar-refractivity contribution is -0.137. The number of hydrogen-bond donors (Lipinski definition) is 1. The molecule has 3 aromatic heterocycles. The van der Waals surface area contributed by atoms with Crippen molar-refractivity contribution in [3.63, 3.8) is 0 Å². The van der Waals surface area contributed by atoms with Gasteiger partial charge < -0.3 is 5.32 Å². The molecule has 13 heteroatoms. The van der Waals surface area contributed by atoms with Gasteiger partial charge in [-0.05, 0) is 37.1 Å². The standard InChI is InChI=1S/C27H23ClF4N6O2/c1-14-4-3-5-21(18-10-15(8-9-33-18)25-20(36-26(14)40)12-35-37(25)2)38-13-34-19(11-22(38)39)23-16(27(30,31)32)6-7-17(28)24(23)29/h6-14,21H,3-5H2,1-2H3,(H,36,40). The molecule has 1 aromatic carbocycles. The van der Waals surface area contributed by atoms with E-state index in [2.05, 4.69) is 20.4 Å². The van der Waals surface area contributed by atoms with Crippen LogP contribution in [0.3, 0.4) is 0 Å². The summed E-state index contributed by atoms with van der Waals surface area (Å²) in [5.74, 6) is -1.84. The number of aryl methyl sites for hydroxylation is 1. The van der Waals surface area contributed by atoms with Gasteiger partial charge in [-0.25, -0.2) is 9.37 Å². The van der Waals surface area contributed by atoms with Crippen LogP contribution in [0.5, 0.6) is 0 Å². The summed E-state index contributed by atoms with van der Waals surface area (Å²) < 4.78 is 58.7. The number of alkyl halides is 3. The Balaban J connectivity index is 1.63. The molecule has 208 valence electrons. The minimum atomic E-state index is -4.90. The summed E-state index contributed by atoms with van der Waals surface area (Å²) in [6, 6.07) is 5.17. The van der Waals surface area contributed by atoms with Crippen molar-refractivity contribution in [3.05, 3.63) is 81.5 Å². The molecule has 2 bridgehead atoms. The Labute approximate surface area is 230 Å². The number of fused-ring (bicyclic) bond motifs is 4. The summed E-state index contributed by atoms with van der Waals surface area (Å²) >= 11 is 5.77. The molecule has 0 radical (unpaired) electrons. The summed E-state index contributed by atoms with van der Waals surface area (Å²) in [5.41, 5.74) is -1.02. The predicted molar refractivity (Wildman–Crippen MR) is 140 cm³/mol. The number of rotatable bonds is 2. The molecule has 1 aliphatic rings. The fourth-order valence-electron chi connectivity index (χ4n) is 4.90. The van der Waals surface area contributed by atoms with Crippen molar-refractivity contribution in [2.75, 3.05) is 5.32 Å². The van der Waals surface area contributed by atoms with Gasteiger partial charge in [0.15, 0.2) is 5.82 Å². The summed E-state index contributed by atoms with van der Waals surface area (Å²) in [6.07, 6.45) is 0.722. The molecule has 1 aliphatic heterocycles. The van der Waals surface area contributed by atoms with Crippen LogP contribution in [0.15, 0.2) is 53.8 Å². The number of carbonyl (C=O) groups is 1. The van der Waals surface area contributed by atoms with E-state index < -0.39 is 45.4 Å². The second kappa shape index (κ2) is 10.5. The molecule has 40 heavy (non-hydrogen) atoms. The zero-order valence-corrected chi connectivity index (χ0v) is 22.1. The zero-order valence-electron chi connectivity index (χ0n) is 21.3. The van der Waals surface area contributed by atoms with Gasteiger partial charge >= 0.3 is 6.18 Å². The molecule has 0 aliphatic carbocycles. The highest BCUT2D eigenvalue weighted by Gasteiger charge is 2.36. The quantitative estimate of drug-likeness (QED) is 0.302. The molecule has 4 heterocycles. The molecule has 5 rings (SSSR count). The SMILES string of the molecule is CC1CCCC(n2cnc(-c3c(C(F)(F)F)ccc(Cl)c3F)cc2=O)c2cc(ccn2)-c2c(cnn2C)NC1=O. The molecule has 0 saturated carbocycles. The van der Waals surface area contributed by atoms with Crippen LogP contribution in [-0.2, 0) is 18.0 Å². The molecule has 2 atom stereocenters. The van der Waals surface area contributed by atoms with E-state index in [0.29, 0.717) is 48.0 Å². The van der Waals surface area contributed by atoms with E-state index in [1.807, 2.05) is 0 Å². The van der Waals surface area contributed by atoms with Gasteiger partial charge in [-0.3, -0.25) is 23.8 Å². The van der Waals surface area contributed by atoms with Gasteiger partial charge in [-0.2, -0.15) is 18.3 Å². The molecular formula is C27H23ClF4N6O2. The van der Waals surface area contributed by atoms with Gasteiger partial charge in [-0.1, -0.05) is 24.9 Å². The van der Waals surface area contributed by atoms with E-state index in [1.54, 1.807) is 43.2 Å². The van der Waals surface area contributed by atoms with E-state index in [-0.39, 0.29) is 11.8 Å². The topological polar surface area (TPSA) is 94.7 Å². The number of nitrogens with zero attached hydrogens (tertiary/aromatic N) is 5. The van der Waals surface area contributed by atoms with Crippen LogP contribution in [0.2, 0.25) is 5.02 Å². The lowest BCUT2D eigenvalue weighted by Crippen LogP contribution is -2.27. The van der Waals surface area contributed by atoms with Gasteiger partial charge in [-0.15, -0.1) is 0 Å². The van der Waals surface area contributed by atoms with Crippen molar-refractivity contribution in [2.45, 2.75) is 38.4 Å². The number of amides is 1. The Hall–Kier alpha value is -4.06. The van der Waals surface area contributed by atoms with E-state index >= 15 is 0 Å². The Morgan fingerprint density at radius 2 is 1.88 bits per heavy atom. The van der Waals surface area contributed by atoms with E-state index in [1.165, 1.54) is 4.57 Å². The van der Waals surface area contributed by atoms with Gasteiger partial charge in [0.05, 0.1) is 51.9 Å². The van der Waals surface area contributed by atoms with Crippen molar-refractivity contribution in [3.8, 4) is 22.5 Å². The number of pyridine rings is 1. The summed E-state index contributed by atoms with van der Waals surface area (Å²) in [6.45, 7) is 1.80. The molecular weight excluding hydrogens is 552 g/mol. The van der Waals surface area contributed by atoms with Crippen molar-refractivity contribution in [1.29, 1.82) is 0 Å². The molecule has 0 spiro atoms. The van der Waals surface area contributed by atoms with Crippen LogP contribution < -0.4 is 10.9 Å². The molecule has 8 nitrogen and oxygen atoms in total. The minimum absolute atomic E-state index is 0.173. The monoisotopic (exact) mass is 574 g/mol. The maximum absolute atomic E-state index is 14.8. The number of carbonyl (C=O) groups excluding carboxylic acids is 1. The van der Waals surface area contributed by atoms with E-state index in [4.69, 9.17) is 11.6 Å². The molecule has 0 saturated heterocycles. The smallest absolute Gasteiger partial charge is 0.323 e. The van der Waals surface area contributed by atoms with Gasteiger partial charge in [0, 0.05) is 36.4 Å². The Bertz CT molecular complexity index is 1670. The highest BCUT2D eigenvalue weighted by atomic mass is 35.5. The lowest BCUT2D eigenvalue weighted by Gasteiger charge is -2.22. The molecule has 0 fully saturated rings. The minimum Gasteiger partial charge on any atom is -0.323 e. The van der Waals surface area contributed by atoms with Crippen LogP contribution in [0.4, 0.5) is 23.2 Å². The van der Waals surface area contributed by atoms with E-state index in [0.717, 1.165) is 18.5 Å². The number of anilines is 1. The molecule has 4 aromatic rings. The third kappa shape index (κ3) is 5.10. The average Bonchev–Trinajstić information content (AvgIpc) is 3.26. The average molecular weight is 575 g/mol. The number of benzene rings is 1. The molecule has 1 N–H and O–H groups in total. The Kier molecular flexibility index (Phi) is 7.21. The third-order valence-corrected chi connectivity index (χ3v) is 7.27. The second-order valence-electron chi connectivity index (χ2n) is 9.64. The van der Waals surface area contributed by atoms with Crippen LogP contribution in [-0.4, -0.2) is 30.2 Å². The van der Waals surface area contributed by atoms with Crippen LogP contribution in [0, 0.1) is 11.7 Å². The van der Waals surface area contributed by atoms with Crippen molar-refractivity contribution in [2.24, 2.45) is 13.0 Å². The summed E-state index contributed by atoms with van der Waals surface area (Å²) in [7, 11) is 1.73. The maximum atomic E-state index is 14.8. The highest BCUT2D eigenvalue weighted by molar-refractivity contribution is 6.31. The van der Waals surface area contributed by atoms with Crippen molar-refractivity contribution < 1.29 is 22.4 Å². The largest absolute Gasteiger partial charge is 0.417 e. The second-order valence-corrected chi connectivity index (χ2v) is 10.0. The lowest BCUT2D eigenvalue weighted by atomic mass is 9.97. The first-order valence-electron chi connectivity index (χ1n) is 12.4. The number of halogens is 5. The normalized spacial score (nSPS) is 17.9. The Morgan fingerprint density at radius 1 is 1.10 bits per heavy atom. The maximum Gasteiger partial charge on any atom is 0.417 e. The number of hydrogen-bond acceptors (Lipinski definition) is 5. The van der Waals surface area contributed by atoms with Crippen molar-refractivity contribution >= 4 is 23.2 Å². The number of nitrogens with one attached hydrogen (secondary N) is 1. The fraction of sp³-hybridized carbons (Fsp3) is 0.296. The fourth-order valence-corrected chi connectivity index (χ4v) is 5.06. The summed E-state index contributed by atoms with van der Waals surface area (Å²) in [5, 5.41) is 6.67. The molecule has 2 unspecified atom stereocenters. The molecule has 1 amide bonds. The highest BCUT2D eigenvalue weighted by Crippen LogP contribution is 2.40. The van der Waals surface area contributed by atoms with Crippen LogP contribution in [0.25, 0.3) is 22.5 Å². The van der Waals surface area contributed by atoms with Gasteiger partial charge in [0.2, 0.25) is 5.91 Å². The van der Waals surface area contributed by atoms with Gasteiger partial charge in [0.1, 0.15) is 0 Å². The predicted octanol–water partition coefficient (Wildman–Crippen LogP) is 5.87. The van der Waals surface area contributed by atoms with Gasteiger partial charge in [0.25, 0.3) is 5.56 Å². The van der Waals surface area contributed by atoms with Crippen LogP contribution >= 0.6 is 11.6 Å². The van der Waals surface area contributed by atoms with E-state index in [9.17, 15) is 27.2 Å². The first-order valence-corrected chi connectivity index (χ1v) is 12.8. The third-order valence-electron chi connectivity index (χ3n) is 6.98. The summed E-state index contributed by atoms with van der Waals surface area (Å²) in [4.78, 5) is 34.7. The Morgan fingerprint density at radius 3 is 2.60 bits per heavy atom. The number of aromatic nitrogens is 5. The first-order chi connectivity index (χ1) is 19.0. The zero-order chi connectivity index (χ0) is 28.8. The van der Waals surface area contributed by atoms with Crippen LogP contribution in [0.1, 0.15) is 43.5 Å².